The van der Waals surface area contributed by atoms with E-state index in [0.29, 0.717) is 23.1 Å². The molecule has 134 valence electrons. The number of methoxy groups -OCH3 is 3. The third kappa shape index (κ3) is 3.84. The first-order valence-corrected chi connectivity index (χ1v) is 9.32. The Labute approximate surface area is 157 Å². The second-order valence-corrected chi connectivity index (χ2v) is 6.71. The molecule has 0 radical (unpaired) electrons. The van der Waals surface area contributed by atoms with Crippen molar-refractivity contribution in [1.29, 1.82) is 0 Å². The zero-order chi connectivity index (χ0) is 17.7. The van der Waals surface area contributed by atoms with E-state index in [1.807, 2.05) is 12.1 Å². The minimum atomic E-state index is -0.164. The van der Waals surface area contributed by atoms with Gasteiger partial charge in [0.05, 0.1) is 31.9 Å². The molecule has 1 aromatic carbocycles. The molecule has 0 spiro atoms. The van der Waals surface area contributed by atoms with Gasteiger partial charge >= 0.3 is 0 Å². The summed E-state index contributed by atoms with van der Waals surface area (Å²) in [6, 6.07) is 1.94. The topological polar surface area (TPSA) is 36.9 Å². The van der Waals surface area contributed by atoms with E-state index in [4.69, 9.17) is 30.5 Å². The first kappa shape index (κ1) is 19.4. The van der Waals surface area contributed by atoms with E-state index in [-0.39, 0.29) is 12.2 Å². The molecule has 0 aromatic heterocycles. The molecule has 1 heterocycles. The van der Waals surface area contributed by atoms with E-state index in [0.717, 1.165) is 29.3 Å². The molecular formula is C18H24BrClO4. The van der Waals surface area contributed by atoms with Gasteiger partial charge in [-0.2, -0.15) is 0 Å². The summed E-state index contributed by atoms with van der Waals surface area (Å²) < 4.78 is 23.5. The number of alkyl halides is 1. The van der Waals surface area contributed by atoms with Crippen LogP contribution in [0, 0.1) is 0 Å². The number of rotatable bonds is 7. The van der Waals surface area contributed by atoms with E-state index in [2.05, 4.69) is 22.9 Å². The highest BCUT2D eigenvalue weighted by Crippen LogP contribution is 2.50. The number of benzene rings is 1. The Morgan fingerprint density at radius 3 is 2.50 bits per heavy atom. The summed E-state index contributed by atoms with van der Waals surface area (Å²) in [6.07, 6.45) is 5.09. The maximum atomic E-state index is 6.30. The van der Waals surface area contributed by atoms with Gasteiger partial charge in [-0.3, -0.25) is 0 Å². The number of allylic oxidation sites excluding steroid dienone is 1. The summed E-state index contributed by atoms with van der Waals surface area (Å²) in [5, 5.41) is 0. The molecule has 2 atom stereocenters. The standard InChI is InChI=1S/C18H24BrClO4/c1-5-6-12-9-11(7-8-20)16(24-12)13-10-14(21-2)17(22-3)18(23-4)15(13)19/h7,10,12,16H,5-6,8-9H2,1-4H3/b11-7+/t12-,16-/m0/s1. The predicted octanol–water partition coefficient (Wildman–Crippen LogP) is 5.27. The molecule has 6 heteroatoms. The minimum absolute atomic E-state index is 0.164. The van der Waals surface area contributed by atoms with Gasteiger partial charge in [-0.25, -0.2) is 0 Å². The van der Waals surface area contributed by atoms with Crippen LogP contribution in [-0.4, -0.2) is 33.3 Å². The van der Waals surface area contributed by atoms with Crippen LogP contribution in [0.1, 0.15) is 37.9 Å². The highest BCUT2D eigenvalue weighted by Gasteiger charge is 2.34. The van der Waals surface area contributed by atoms with Gasteiger partial charge < -0.3 is 18.9 Å². The van der Waals surface area contributed by atoms with Crippen LogP contribution in [0.15, 0.2) is 22.2 Å². The van der Waals surface area contributed by atoms with Crippen LogP contribution in [0.4, 0.5) is 0 Å². The number of hydrogen-bond donors (Lipinski definition) is 0. The first-order valence-electron chi connectivity index (χ1n) is 7.99. The van der Waals surface area contributed by atoms with Crippen molar-refractivity contribution >= 4 is 27.5 Å². The summed E-state index contributed by atoms with van der Waals surface area (Å²) in [5.41, 5.74) is 2.15. The molecule has 1 aromatic rings. The molecule has 0 amide bonds. The van der Waals surface area contributed by atoms with Crippen LogP contribution in [0.2, 0.25) is 0 Å². The van der Waals surface area contributed by atoms with Gasteiger partial charge in [0.2, 0.25) is 5.75 Å². The summed E-state index contributed by atoms with van der Waals surface area (Å²) in [5.74, 6) is 2.23. The molecular weight excluding hydrogens is 396 g/mol. The second-order valence-electron chi connectivity index (χ2n) is 5.61. The van der Waals surface area contributed by atoms with Crippen molar-refractivity contribution in [2.45, 2.75) is 38.4 Å². The largest absolute Gasteiger partial charge is 0.493 e. The third-order valence-corrected chi connectivity index (χ3v) is 5.13. The molecule has 1 aliphatic rings. The lowest BCUT2D eigenvalue weighted by Gasteiger charge is -2.21. The van der Waals surface area contributed by atoms with Crippen LogP contribution >= 0.6 is 27.5 Å². The van der Waals surface area contributed by atoms with Gasteiger partial charge in [-0.15, -0.1) is 11.6 Å². The number of hydrogen-bond acceptors (Lipinski definition) is 4. The molecule has 1 fully saturated rings. The van der Waals surface area contributed by atoms with Crippen LogP contribution in [0.3, 0.4) is 0 Å². The average molecular weight is 420 g/mol. The Kier molecular flexibility index (Phi) is 7.26. The molecule has 24 heavy (non-hydrogen) atoms. The van der Waals surface area contributed by atoms with Crippen LogP contribution in [0.5, 0.6) is 17.2 Å². The normalized spacial score (nSPS) is 22.0. The molecule has 0 saturated carbocycles. The van der Waals surface area contributed by atoms with Crippen molar-refractivity contribution in [1.82, 2.24) is 0 Å². The summed E-state index contributed by atoms with van der Waals surface area (Å²) >= 11 is 9.59. The molecule has 1 aliphatic heterocycles. The Morgan fingerprint density at radius 2 is 1.96 bits per heavy atom. The smallest absolute Gasteiger partial charge is 0.204 e. The lowest BCUT2D eigenvalue weighted by atomic mass is 9.98. The Morgan fingerprint density at radius 1 is 1.25 bits per heavy atom. The van der Waals surface area contributed by atoms with Gasteiger partial charge in [0.1, 0.15) is 6.10 Å². The molecule has 0 unspecified atom stereocenters. The molecule has 2 rings (SSSR count). The molecule has 0 aliphatic carbocycles. The maximum absolute atomic E-state index is 6.30. The maximum Gasteiger partial charge on any atom is 0.204 e. The van der Waals surface area contributed by atoms with Crippen LogP contribution in [-0.2, 0) is 4.74 Å². The molecule has 4 nitrogen and oxygen atoms in total. The van der Waals surface area contributed by atoms with Gasteiger partial charge in [-0.05, 0) is 40.4 Å². The number of ether oxygens (including phenoxy) is 4. The van der Waals surface area contributed by atoms with Crippen molar-refractivity contribution in [2.24, 2.45) is 0 Å². The van der Waals surface area contributed by atoms with Gasteiger partial charge in [0, 0.05) is 11.4 Å². The number of halogens is 2. The van der Waals surface area contributed by atoms with Crippen molar-refractivity contribution in [2.75, 3.05) is 27.2 Å². The van der Waals surface area contributed by atoms with Crippen molar-refractivity contribution in [3.05, 3.63) is 27.8 Å². The first-order chi connectivity index (χ1) is 11.6. The highest BCUT2D eigenvalue weighted by atomic mass is 79.9. The van der Waals surface area contributed by atoms with E-state index < -0.39 is 0 Å². The zero-order valence-electron chi connectivity index (χ0n) is 14.5. The van der Waals surface area contributed by atoms with E-state index in [1.165, 1.54) is 5.57 Å². The molecule has 0 bridgehead atoms. The summed E-state index contributed by atoms with van der Waals surface area (Å²) in [6.45, 7) is 2.16. The zero-order valence-corrected chi connectivity index (χ0v) is 16.9. The van der Waals surface area contributed by atoms with Crippen LogP contribution < -0.4 is 14.2 Å². The highest BCUT2D eigenvalue weighted by molar-refractivity contribution is 9.10. The average Bonchev–Trinajstić information content (AvgIpc) is 2.97. The minimum Gasteiger partial charge on any atom is -0.493 e. The third-order valence-electron chi connectivity index (χ3n) is 4.16. The predicted molar refractivity (Wildman–Crippen MR) is 99.7 cm³/mol. The Hall–Kier alpha value is -0.910. The van der Waals surface area contributed by atoms with Crippen molar-refractivity contribution < 1.29 is 18.9 Å². The monoisotopic (exact) mass is 418 g/mol. The SMILES string of the molecule is CCC[C@H]1C/C(=C\CCl)[C@@H](c2cc(OC)c(OC)c(OC)c2Br)O1. The van der Waals surface area contributed by atoms with Crippen LogP contribution in [0.25, 0.3) is 0 Å². The van der Waals surface area contributed by atoms with Gasteiger partial charge in [0.25, 0.3) is 0 Å². The van der Waals surface area contributed by atoms with E-state index in [9.17, 15) is 0 Å². The molecule has 1 saturated heterocycles. The van der Waals surface area contributed by atoms with Crippen molar-refractivity contribution in [3.8, 4) is 17.2 Å². The van der Waals surface area contributed by atoms with Gasteiger partial charge in [0.15, 0.2) is 11.5 Å². The van der Waals surface area contributed by atoms with E-state index in [1.54, 1.807) is 21.3 Å². The second kappa shape index (κ2) is 8.97. The Balaban J connectivity index is 2.51. The lowest BCUT2D eigenvalue weighted by molar-refractivity contribution is 0.0459. The van der Waals surface area contributed by atoms with Gasteiger partial charge in [-0.1, -0.05) is 19.4 Å². The summed E-state index contributed by atoms with van der Waals surface area (Å²) in [4.78, 5) is 0. The van der Waals surface area contributed by atoms with Crippen molar-refractivity contribution in [3.63, 3.8) is 0 Å². The fourth-order valence-electron chi connectivity index (χ4n) is 3.08. The fraction of sp³-hybridized carbons (Fsp3) is 0.556. The Bertz CT molecular complexity index is 603. The fourth-order valence-corrected chi connectivity index (χ4v) is 3.95. The molecule has 0 N–H and O–H groups in total. The lowest BCUT2D eigenvalue weighted by Crippen LogP contribution is -2.07. The van der Waals surface area contributed by atoms with E-state index >= 15 is 0 Å². The quantitative estimate of drug-likeness (QED) is 0.445. The summed E-state index contributed by atoms with van der Waals surface area (Å²) in [7, 11) is 4.81.